The van der Waals surface area contributed by atoms with Crippen LogP contribution < -0.4 is 19.7 Å². The number of likely N-dealkylation sites (N-methyl/N-ethyl adjacent to an activating group) is 1. The molecule has 0 saturated carbocycles. The third kappa shape index (κ3) is 6.04. The Kier molecular flexibility index (Phi) is 7.45. The lowest BCUT2D eigenvalue weighted by atomic mass is 10.0. The molecule has 1 aliphatic rings. The minimum atomic E-state index is -0.175. The molecule has 2 atom stereocenters. The summed E-state index contributed by atoms with van der Waals surface area (Å²) in [5.41, 5.74) is 3.19. The molecule has 3 aromatic rings. The molecule has 1 amide bonds. The van der Waals surface area contributed by atoms with E-state index >= 15 is 0 Å². The van der Waals surface area contributed by atoms with Crippen LogP contribution in [-0.4, -0.2) is 36.6 Å². The number of carbonyl (C=O) groups excluding carboxylic acids is 1. The van der Waals surface area contributed by atoms with Crippen LogP contribution in [-0.2, 0) is 11.4 Å². The van der Waals surface area contributed by atoms with Crippen molar-refractivity contribution in [1.82, 2.24) is 10.3 Å². The van der Waals surface area contributed by atoms with Crippen molar-refractivity contribution in [2.45, 2.75) is 38.9 Å². The molecule has 1 fully saturated rings. The maximum absolute atomic E-state index is 12.1. The maximum Gasteiger partial charge on any atom is 0.227 e. The van der Waals surface area contributed by atoms with E-state index in [-0.39, 0.29) is 17.9 Å². The van der Waals surface area contributed by atoms with Crippen LogP contribution in [0.5, 0.6) is 11.6 Å². The van der Waals surface area contributed by atoms with Gasteiger partial charge in [-0.2, -0.15) is 0 Å². The summed E-state index contributed by atoms with van der Waals surface area (Å²) in [4.78, 5) is 18.7. The van der Waals surface area contributed by atoms with Crippen molar-refractivity contribution in [3.63, 3.8) is 0 Å². The molecule has 1 N–H and O–H groups in total. The van der Waals surface area contributed by atoms with Crippen LogP contribution in [0.2, 0.25) is 0 Å². The van der Waals surface area contributed by atoms with Gasteiger partial charge in [0.15, 0.2) is 0 Å². The number of nitrogens with zero attached hydrogens (tertiary/aromatic N) is 2. The molecule has 2 heterocycles. The van der Waals surface area contributed by atoms with Gasteiger partial charge in [0.05, 0.1) is 12.5 Å². The molecule has 1 saturated heterocycles. The van der Waals surface area contributed by atoms with Gasteiger partial charge in [0, 0.05) is 37.5 Å². The second-order valence-corrected chi connectivity index (χ2v) is 8.29. The van der Waals surface area contributed by atoms with Crippen molar-refractivity contribution in [1.29, 1.82) is 0 Å². The third-order valence-corrected chi connectivity index (χ3v) is 5.89. The van der Waals surface area contributed by atoms with E-state index in [1.54, 1.807) is 6.20 Å². The number of pyridine rings is 1. The first-order chi connectivity index (χ1) is 16.1. The summed E-state index contributed by atoms with van der Waals surface area (Å²) in [6.45, 7) is 6.70. The summed E-state index contributed by atoms with van der Waals surface area (Å²) in [5.74, 6) is 1.32. The number of hydrogen-bond acceptors (Lipinski definition) is 5. The fourth-order valence-electron chi connectivity index (χ4n) is 3.97. The summed E-state index contributed by atoms with van der Waals surface area (Å²) in [7, 11) is 0. The second-order valence-electron chi connectivity index (χ2n) is 8.29. The first-order valence-electron chi connectivity index (χ1n) is 11.5. The van der Waals surface area contributed by atoms with Gasteiger partial charge in [-0.25, -0.2) is 4.98 Å². The predicted octanol–water partition coefficient (Wildman–Crippen LogP) is 4.56. The van der Waals surface area contributed by atoms with Gasteiger partial charge in [-0.1, -0.05) is 42.5 Å². The van der Waals surface area contributed by atoms with Crippen LogP contribution in [0.15, 0.2) is 72.9 Å². The highest BCUT2D eigenvalue weighted by Gasteiger charge is 2.25. The van der Waals surface area contributed by atoms with Gasteiger partial charge in [0.25, 0.3) is 0 Å². The SMILES string of the molecule is CCNC(=O)C(C)c1ccc(O[C@@H]2CCN(c3ccnc(OCc4ccccc4)c3)C2)cc1. The van der Waals surface area contributed by atoms with E-state index in [1.807, 2.05) is 80.6 Å². The highest BCUT2D eigenvalue weighted by atomic mass is 16.5. The van der Waals surface area contributed by atoms with E-state index in [0.717, 1.165) is 42.1 Å². The van der Waals surface area contributed by atoms with Gasteiger partial charge in [-0.05, 0) is 43.2 Å². The standard InChI is InChI=1S/C27H31N3O3/c1-3-28-27(31)20(2)22-9-11-24(12-10-22)33-25-14-16-30(18-25)23-13-15-29-26(17-23)32-19-21-7-5-4-6-8-21/h4-13,15,17,20,25H,3,14,16,18-19H2,1-2H3,(H,28,31)/t20?,25-/m1/s1. The molecule has 6 nitrogen and oxygen atoms in total. The molecule has 1 aliphatic heterocycles. The second kappa shape index (κ2) is 10.9. The van der Waals surface area contributed by atoms with Gasteiger partial charge in [0.2, 0.25) is 11.8 Å². The number of rotatable bonds is 9. The molecular weight excluding hydrogens is 414 g/mol. The molecule has 4 rings (SSSR count). The van der Waals surface area contributed by atoms with E-state index in [4.69, 9.17) is 9.47 Å². The zero-order valence-corrected chi connectivity index (χ0v) is 19.2. The normalized spacial score (nSPS) is 16.3. The smallest absolute Gasteiger partial charge is 0.227 e. The molecule has 0 aliphatic carbocycles. The van der Waals surface area contributed by atoms with E-state index in [1.165, 1.54) is 0 Å². The lowest BCUT2D eigenvalue weighted by molar-refractivity contribution is -0.122. The number of nitrogens with one attached hydrogen (secondary N) is 1. The van der Waals surface area contributed by atoms with Crippen molar-refractivity contribution in [3.8, 4) is 11.6 Å². The Balaban J connectivity index is 1.31. The number of amides is 1. The Morgan fingerprint density at radius 3 is 2.70 bits per heavy atom. The average molecular weight is 446 g/mol. The lowest BCUT2D eigenvalue weighted by Crippen LogP contribution is -2.27. The summed E-state index contributed by atoms with van der Waals surface area (Å²) < 4.78 is 12.1. The van der Waals surface area contributed by atoms with Crippen molar-refractivity contribution < 1.29 is 14.3 Å². The van der Waals surface area contributed by atoms with Crippen LogP contribution >= 0.6 is 0 Å². The highest BCUT2D eigenvalue weighted by molar-refractivity contribution is 5.83. The molecule has 6 heteroatoms. The quantitative estimate of drug-likeness (QED) is 0.523. The fourth-order valence-corrected chi connectivity index (χ4v) is 3.97. The lowest BCUT2D eigenvalue weighted by Gasteiger charge is -2.20. The van der Waals surface area contributed by atoms with Crippen molar-refractivity contribution >= 4 is 11.6 Å². The topological polar surface area (TPSA) is 63.7 Å². The van der Waals surface area contributed by atoms with Crippen LogP contribution in [0.25, 0.3) is 0 Å². The summed E-state index contributed by atoms with van der Waals surface area (Å²) in [5, 5.41) is 2.87. The molecule has 33 heavy (non-hydrogen) atoms. The monoisotopic (exact) mass is 445 g/mol. The van der Waals surface area contributed by atoms with Crippen LogP contribution in [0, 0.1) is 0 Å². The summed E-state index contributed by atoms with van der Waals surface area (Å²) >= 11 is 0. The minimum Gasteiger partial charge on any atom is -0.489 e. The molecule has 2 aromatic carbocycles. The molecule has 0 radical (unpaired) electrons. The Bertz CT molecular complexity index is 1040. The Hall–Kier alpha value is -3.54. The summed E-state index contributed by atoms with van der Waals surface area (Å²) in [6, 6.07) is 21.9. The van der Waals surface area contributed by atoms with Gasteiger partial charge in [0.1, 0.15) is 18.5 Å². The van der Waals surface area contributed by atoms with Gasteiger partial charge >= 0.3 is 0 Å². The maximum atomic E-state index is 12.1. The number of ether oxygens (including phenoxy) is 2. The fraction of sp³-hybridized carbons (Fsp3) is 0.333. The first kappa shape index (κ1) is 22.6. The predicted molar refractivity (Wildman–Crippen MR) is 130 cm³/mol. The first-order valence-corrected chi connectivity index (χ1v) is 11.5. The molecule has 0 spiro atoms. The zero-order valence-electron chi connectivity index (χ0n) is 19.2. The van der Waals surface area contributed by atoms with Gasteiger partial charge in [-0.15, -0.1) is 0 Å². The number of benzene rings is 2. The molecule has 1 aromatic heterocycles. The average Bonchev–Trinajstić information content (AvgIpc) is 3.32. The largest absolute Gasteiger partial charge is 0.489 e. The van der Waals surface area contributed by atoms with Gasteiger partial charge in [-0.3, -0.25) is 4.79 Å². The van der Waals surface area contributed by atoms with Crippen LogP contribution in [0.1, 0.15) is 37.3 Å². The third-order valence-electron chi connectivity index (χ3n) is 5.89. The van der Waals surface area contributed by atoms with Crippen molar-refractivity contribution in [2.75, 3.05) is 24.5 Å². The van der Waals surface area contributed by atoms with Gasteiger partial charge < -0.3 is 19.7 Å². The number of hydrogen-bond donors (Lipinski definition) is 1. The van der Waals surface area contributed by atoms with Crippen LogP contribution in [0.4, 0.5) is 5.69 Å². The van der Waals surface area contributed by atoms with Crippen molar-refractivity contribution in [3.05, 3.63) is 84.1 Å². The van der Waals surface area contributed by atoms with Crippen molar-refractivity contribution in [2.24, 2.45) is 0 Å². The van der Waals surface area contributed by atoms with E-state index in [2.05, 4.69) is 15.2 Å². The molecule has 172 valence electrons. The molecular formula is C27H31N3O3. The van der Waals surface area contributed by atoms with E-state index in [9.17, 15) is 4.79 Å². The number of carbonyl (C=O) groups is 1. The minimum absolute atomic E-state index is 0.0436. The molecule has 0 bridgehead atoms. The van der Waals surface area contributed by atoms with E-state index in [0.29, 0.717) is 19.0 Å². The Morgan fingerprint density at radius 2 is 1.94 bits per heavy atom. The summed E-state index contributed by atoms with van der Waals surface area (Å²) in [6.07, 6.45) is 2.84. The van der Waals surface area contributed by atoms with E-state index < -0.39 is 0 Å². The molecule has 1 unspecified atom stereocenters. The number of anilines is 1. The zero-order chi connectivity index (χ0) is 23.0. The highest BCUT2D eigenvalue weighted by Crippen LogP contribution is 2.27. The Labute approximate surface area is 195 Å². The van der Waals surface area contributed by atoms with Crippen LogP contribution in [0.3, 0.4) is 0 Å². The Morgan fingerprint density at radius 1 is 1.15 bits per heavy atom. The number of aromatic nitrogens is 1.